The molecule has 5 nitrogen and oxygen atoms in total. The molecule has 0 aliphatic heterocycles. The molecule has 1 aromatic carbocycles. The van der Waals surface area contributed by atoms with Gasteiger partial charge in [0, 0.05) is 18.4 Å². The van der Waals surface area contributed by atoms with Gasteiger partial charge in [-0.25, -0.2) is 9.97 Å². The molecule has 0 bridgehead atoms. The first-order valence-electron chi connectivity index (χ1n) is 7.20. The lowest BCUT2D eigenvalue weighted by atomic mass is 10.2. The average molecular weight is 391 g/mol. The summed E-state index contributed by atoms with van der Waals surface area (Å²) in [5.41, 5.74) is 0.480. The lowest BCUT2D eigenvalue weighted by Gasteiger charge is -2.10. The second kappa shape index (κ2) is 7.05. The molecule has 0 fully saturated rings. The second-order valence-electron chi connectivity index (χ2n) is 5.18. The largest absolute Gasteiger partial charge is 0.422 e. The minimum absolute atomic E-state index is 0.0519. The van der Waals surface area contributed by atoms with Gasteiger partial charge >= 0.3 is 12.2 Å². The van der Waals surface area contributed by atoms with Crippen LogP contribution in [0.5, 0.6) is 11.8 Å². The highest BCUT2D eigenvalue weighted by Crippen LogP contribution is 2.34. The van der Waals surface area contributed by atoms with Crippen molar-refractivity contribution in [3.8, 4) is 11.8 Å². The summed E-state index contributed by atoms with van der Waals surface area (Å²) < 4.78 is 44.1. The Morgan fingerprint density at radius 1 is 1.08 bits per heavy atom. The van der Waals surface area contributed by atoms with E-state index >= 15 is 0 Å². The molecule has 0 aliphatic carbocycles. The van der Waals surface area contributed by atoms with Crippen LogP contribution in [0.2, 0.25) is 10.0 Å². The van der Waals surface area contributed by atoms with Crippen LogP contribution in [0.25, 0.3) is 10.9 Å². The highest BCUT2D eigenvalue weighted by Gasteiger charge is 2.26. The molecule has 2 aromatic heterocycles. The number of nitrogens with zero attached hydrogens (tertiary/aromatic N) is 4. The zero-order chi connectivity index (χ0) is 18.0. The number of aryl methyl sites for hydroxylation is 1. The standard InChI is InChI=1S/C15H11Cl2F3N4O/c16-9-6-21-14(22-7-9)25-12-3-2-11(17)10-8-23-24(13(10)12)5-1-4-15(18,19)20/h2-3,6-8H,1,4-5H2. The topological polar surface area (TPSA) is 52.8 Å². The molecular weight excluding hydrogens is 380 g/mol. The Labute approximate surface area is 150 Å². The predicted molar refractivity (Wildman–Crippen MR) is 87.1 cm³/mol. The van der Waals surface area contributed by atoms with Crippen LogP contribution in [0.1, 0.15) is 12.8 Å². The fraction of sp³-hybridized carbons (Fsp3) is 0.267. The highest BCUT2D eigenvalue weighted by atomic mass is 35.5. The number of halogens is 5. The van der Waals surface area contributed by atoms with Crippen molar-refractivity contribution in [2.45, 2.75) is 25.6 Å². The van der Waals surface area contributed by atoms with Crippen molar-refractivity contribution >= 4 is 34.1 Å². The van der Waals surface area contributed by atoms with E-state index in [9.17, 15) is 13.2 Å². The zero-order valence-corrected chi connectivity index (χ0v) is 14.1. The predicted octanol–water partition coefficient (Wildman–Crippen LogP) is 5.27. The normalized spacial score (nSPS) is 11.9. The number of alkyl halides is 3. The van der Waals surface area contributed by atoms with Crippen LogP contribution in [0.4, 0.5) is 13.2 Å². The Morgan fingerprint density at radius 2 is 1.80 bits per heavy atom. The van der Waals surface area contributed by atoms with Crippen molar-refractivity contribution in [2.75, 3.05) is 0 Å². The third-order valence-electron chi connectivity index (χ3n) is 3.34. The van der Waals surface area contributed by atoms with E-state index in [1.165, 1.54) is 23.3 Å². The first-order chi connectivity index (χ1) is 11.8. The van der Waals surface area contributed by atoms with E-state index in [1.807, 2.05) is 0 Å². The lowest BCUT2D eigenvalue weighted by molar-refractivity contribution is -0.135. The van der Waals surface area contributed by atoms with E-state index in [0.717, 1.165) is 0 Å². The summed E-state index contributed by atoms with van der Waals surface area (Å²) in [6.45, 7) is 0.0706. The van der Waals surface area contributed by atoms with Crippen LogP contribution in [-0.4, -0.2) is 25.9 Å². The second-order valence-corrected chi connectivity index (χ2v) is 6.02. The van der Waals surface area contributed by atoms with Gasteiger partial charge in [0.25, 0.3) is 0 Å². The molecule has 10 heteroatoms. The Kier molecular flexibility index (Phi) is 5.01. The smallest absolute Gasteiger partial charge is 0.389 e. The van der Waals surface area contributed by atoms with Crippen molar-refractivity contribution < 1.29 is 17.9 Å². The third-order valence-corrected chi connectivity index (χ3v) is 3.86. The van der Waals surface area contributed by atoms with Gasteiger partial charge in [-0.15, -0.1) is 0 Å². The summed E-state index contributed by atoms with van der Waals surface area (Å²) in [5, 5.41) is 5.46. The van der Waals surface area contributed by atoms with Gasteiger partial charge in [0.05, 0.1) is 28.6 Å². The Morgan fingerprint density at radius 3 is 2.48 bits per heavy atom. The van der Waals surface area contributed by atoms with Crippen LogP contribution in [-0.2, 0) is 6.54 Å². The van der Waals surface area contributed by atoms with Crippen molar-refractivity contribution in [2.24, 2.45) is 0 Å². The van der Waals surface area contributed by atoms with E-state index in [-0.39, 0.29) is 19.0 Å². The maximum absolute atomic E-state index is 12.4. The van der Waals surface area contributed by atoms with E-state index < -0.39 is 12.6 Å². The molecular formula is C15H11Cl2F3N4O. The van der Waals surface area contributed by atoms with E-state index in [2.05, 4.69) is 15.1 Å². The monoisotopic (exact) mass is 390 g/mol. The number of benzene rings is 1. The third kappa shape index (κ3) is 4.32. The van der Waals surface area contributed by atoms with Crippen molar-refractivity contribution in [3.63, 3.8) is 0 Å². The van der Waals surface area contributed by atoms with Gasteiger partial charge < -0.3 is 4.74 Å². The minimum atomic E-state index is -4.21. The summed E-state index contributed by atoms with van der Waals surface area (Å²) in [7, 11) is 0. The van der Waals surface area contributed by atoms with E-state index in [1.54, 1.807) is 12.1 Å². The first-order valence-corrected chi connectivity index (χ1v) is 7.95. The highest BCUT2D eigenvalue weighted by molar-refractivity contribution is 6.35. The van der Waals surface area contributed by atoms with Crippen LogP contribution in [0.3, 0.4) is 0 Å². The number of fused-ring (bicyclic) bond motifs is 1. The van der Waals surface area contributed by atoms with Gasteiger partial charge in [0.15, 0.2) is 5.75 Å². The molecule has 3 aromatic rings. The quantitative estimate of drug-likeness (QED) is 0.595. The average Bonchev–Trinajstić information content (AvgIpc) is 2.96. The Bertz CT molecular complexity index is 881. The van der Waals surface area contributed by atoms with Crippen LogP contribution >= 0.6 is 23.2 Å². The van der Waals surface area contributed by atoms with Gasteiger partial charge in [0.1, 0.15) is 5.52 Å². The number of hydrogen-bond donors (Lipinski definition) is 0. The molecule has 25 heavy (non-hydrogen) atoms. The summed E-state index contributed by atoms with van der Waals surface area (Å²) in [4.78, 5) is 7.87. The molecule has 0 amide bonds. The number of rotatable bonds is 5. The van der Waals surface area contributed by atoms with Crippen molar-refractivity contribution in [3.05, 3.63) is 40.8 Å². The van der Waals surface area contributed by atoms with Gasteiger partial charge in [-0.2, -0.15) is 18.3 Å². The molecule has 3 rings (SSSR count). The van der Waals surface area contributed by atoms with Gasteiger partial charge in [-0.05, 0) is 18.6 Å². The van der Waals surface area contributed by atoms with Crippen molar-refractivity contribution in [1.82, 2.24) is 19.7 Å². The molecule has 0 spiro atoms. The summed E-state index contributed by atoms with van der Waals surface area (Å²) in [5.74, 6) is 0.339. The fourth-order valence-electron chi connectivity index (χ4n) is 2.27. The zero-order valence-electron chi connectivity index (χ0n) is 12.6. The molecule has 0 saturated carbocycles. The Balaban J connectivity index is 1.91. The summed E-state index contributed by atoms with van der Waals surface area (Å²) in [6.07, 6.45) is -0.984. The molecule has 0 aliphatic rings. The Hall–Kier alpha value is -2.06. The molecule has 132 valence electrons. The molecule has 0 unspecified atom stereocenters. The van der Waals surface area contributed by atoms with Crippen molar-refractivity contribution in [1.29, 1.82) is 0 Å². The number of aromatic nitrogens is 4. The van der Waals surface area contributed by atoms with Gasteiger partial charge in [-0.3, -0.25) is 4.68 Å². The lowest BCUT2D eigenvalue weighted by Crippen LogP contribution is -2.10. The van der Waals surface area contributed by atoms with E-state index in [4.69, 9.17) is 27.9 Å². The summed E-state index contributed by atoms with van der Waals surface area (Å²) in [6, 6.07) is 3.25. The maximum Gasteiger partial charge on any atom is 0.389 e. The molecule has 0 radical (unpaired) electrons. The molecule has 0 saturated heterocycles. The molecule has 2 heterocycles. The first kappa shape index (κ1) is 17.8. The SMILES string of the molecule is FC(F)(F)CCCn1ncc2c(Cl)ccc(Oc3ncc(Cl)cn3)c21. The maximum atomic E-state index is 12.4. The van der Waals surface area contributed by atoms with Gasteiger partial charge in [0.2, 0.25) is 0 Å². The number of ether oxygens (including phenoxy) is 1. The van der Waals surface area contributed by atoms with Gasteiger partial charge in [-0.1, -0.05) is 23.2 Å². The van der Waals surface area contributed by atoms with E-state index in [0.29, 0.717) is 26.7 Å². The molecule has 0 atom stereocenters. The van der Waals surface area contributed by atoms with Crippen LogP contribution in [0, 0.1) is 0 Å². The van der Waals surface area contributed by atoms with Crippen LogP contribution in [0.15, 0.2) is 30.7 Å². The minimum Gasteiger partial charge on any atom is -0.422 e. The summed E-state index contributed by atoms with van der Waals surface area (Å²) >= 11 is 11.9. The molecule has 0 N–H and O–H groups in total. The number of hydrogen-bond acceptors (Lipinski definition) is 4. The fourth-order valence-corrected chi connectivity index (χ4v) is 2.57. The van der Waals surface area contributed by atoms with Crippen LogP contribution < -0.4 is 4.74 Å².